The van der Waals surface area contributed by atoms with E-state index < -0.39 is 0 Å². The second-order valence-corrected chi connectivity index (χ2v) is 5.91. The van der Waals surface area contributed by atoms with Crippen LogP contribution in [0.5, 0.6) is 0 Å². The number of aromatic nitrogens is 1. The molecule has 3 rings (SSSR count). The summed E-state index contributed by atoms with van der Waals surface area (Å²) < 4.78 is 0. The average Bonchev–Trinajstić information content (AvgIpc) is 2.43. The summed E-state index contributed by atoms with van der Waals surface area (Å²) in [5.74, 6) is 0. The van der Waals surface area contributed by atoms with Gasteiger partial charge in [0.15, 0.2) is 0 Å². The Morgan fingerprint density at radius 3 is 2.52 bits per heavy atom. The number of nitrogens with one attached hydrogen (secondary N) is 1. The third-order valence-electron chi connectivity index (χ3n) is 3.35. The van der Waals surface area contributed by atoms with Crippen molar-refractivity contribution in [3.05, 3.63) is 63.8 Å². The van der Waals surface area contributed by atoms with Crippen LogP contribution in [0.25, 0.3) is 10.9 Å². The van der Waals surface area contributed by atoms with Crippen molar-refractivity contribution in [1.82, 2.24) is 4.98 Å². The van der Waals surface area contributed by atoms with E-state index in [0.717, 1.165) is 38.6 Å². The molecule has 0 aliphatic rings. The summed E-state index contributed by atoms with van der Waals surface area (Å²) in [6.07, 6.45) is 0. The van der Waals surface area contributed by atoms with E-state index in [1.807, 2.05) is 56.3 Å². The van der Waals surface area contributed by atoms with Crippen molar-refractivity contribution in [2.24, 2.45) is 0 Å². The lowest BCUT2D eigenvalue weighted by Gasteiger charge is -2.12. The van der Waals surface area contributed by atoms with E-state index in [2.05, 4.69) is 10.3 Å². The van der Waals surface area contributed by atoms with Gasteiger partial charge in [-0.05, 0) is 55.8 Å². The average molecular weight is 317 g/mol. The number of nitrogens with zero attached hydrogens (tertiary/aromatic N) is 1. The summed E-state index contributed by atoms with van der Waals surface area (Å²) in [7, 11) is 0. The van der Waals surface area contributed by atoms with Gasteiger partial charge < -0.3 is 5.32 Å². The molecule has 4 heteroatoms. The largest absolute Gasteiger partial charge is 0.355 e. The van der Waals surface area contributed by atoms with Crippen LogP contribution in [0.3, 0.4) is 0 Å². The lowest BCUT2D eigenvalue weighted by atomic mass is 10.1. The van der Waals surface area contributed by atoms with E-state index in [-0.39, 0.29) is 0 Å². The highest BCUT2D eigenvalue weighted by molar-refractivity contribution is 6.32. The Labute approximate surface area is 133 Å². The van der Waals surface area contributed by atoms with Gasteiger partial charge in [-0.15, -0.1) is 0 Å². The first-order valence-electron chi connectivity index (χ1n) is 6.63. The highest BCUT2D eigenvalue weighted by atomic mass is 35.5. The van der Waals surface area contributed by atoms with Crippen LogP contribution in [0.15, 0.2) is 42.5 Å². The molecule has 0 amide bonds. The standard InChI is InChI=1S/C17H14Cl2N2/c1-10-3-5-13(9-15(10)19)21-17-7-11(2)20-16-6-4-12(18)8-14(16)17/h3-9H,1-2H3,(H,20,21). The molecule has 106 valence electrons. The number of anilines is 2. The van der Waals surface area contributed by atoms with Gasteiger partial charge in [0.2, 0.25) is 0 Å². The van der Waals surface area contributed by atoms with Crippen LogP contribution in [0.4, 0.5) is 11.4 Å². The smallest absolute Gasteiger partial charge is 0.0727 e. The minimum Gasteiger partial charge on any atom is -0.355 e. The predicted octanol–water partition coefficient (Wildman–Crippen LogP) is 5.90. The van der Waals surface area contributed by atoms with Crippen LogP contribution in [-0.2, 0) is 0 Å². The predicted molar refractivity (Wildman–Crippen MR) is 91.0 cm³/mol. The van der Waals surface area contributed by atoms with Crippen molar-refractivity contribution in [1.29, 1.82) is 0 Å². The highest BCUT2D eigenvalue weighted by Gasteiger charge is 2.06. The van der Waals surface area contributed by atoms with Gasteiger partial charge in [0.25, 0.3) is 0 Å². The number of fused-ring (bicyclic) bond motifs is 1. The molecule has 0 atom stereocenters. The van der Waals surface area contributed by atoms with Crippen molar-refractivity contribution < 1.29 is 0 Å². The molecule has 3 aromatic rings. The van der Waals surface area contributed by atoms with E-state index in [4.69, 9.17) is 23.2 Å². The molecular weight excluding hydrogens is 303 g/mol. The molecular formula is C17H14Cl2N2. The fraction of sp³-hybridized carbons (Fsp3) is 0.118. The van der Waals surface area contributed by atoms with Gasteiger partial charge in [-0.25, -0.2) is 0 Å². The molecule has 0 spiro atoms. The first kappa shape index (κ1) is 14.2. The maximum Gasteiger partial charge on any atom is 0.0727 e. The molecule has 0 radical (unpaired) electrons. The summed E-state index contributed by atoms with van der Waals surface area (Å²) in [5.41, 5.74) is 4.84. The zero-order valence-electron chi connectivity index (χ0n) is 11.7. The third kappa shape index (κ3) is 2.97. The van der Waals surface area contributed by atoms with Gasteiger partial charge in [-0.3, -0.25) is 4.98 Å². The number of hydrogen-bond acceptors (Lipinski definition) is 2. The molecule has 2 aromatic carbocycles. The van der Waals surface area contributed by atoms with Gasteiger partial charge >= 0.3 is 0 Å². The second kappa shape index (κ2) is 5.55. The SMILES string of the molecule is Cc1cc(Nc2ccc(C)c(Cl)c2)c2cc(Cl)ccc2n1. The molecule has 0 saturated heterocycles. The molecule has 0 fully saturated rings. The highest BCUT2D eigenvalue weighted by Crippen LogP contribution is 2.30. The van der Waals surface area contributed by atoms with Crippen LogP contribution >= 0.6 is 23.2 Å². The molecule has 0 aliphatic carbocycles. The van der Waals surface area contributed by atoms with Crippen molar-refractivity contribution in [3.63, 3.8) is 0 Å². The topological polar surface area (TPSA) is 24.9 Å². The lowest BCUT2D eigenvalue weighted by Crippen LogP contribution is -1.95. The number of pyridine rings is 1. The molecule has 1 heterocycles. The molecule has 1 N–H and O–H groups in total. The van der Waals surface area contributed by atoms with E-state index >= 15 is 0 Å². The zero-order chi connectivity index (χ0) is 15.0. The van der Waals surface area contributed by atoms with E-state index in [1.54, 1.807) is 0 Å². The van der Waals surface area contributed by atoms with Crippen molar-refractivity contribution in [3.8, 4) is 0 Å². The molecule has 0 saturated carbocycles. The van der Waals surface area contributed by atoms with Crippen LogP contribution in [-0.4, -0.2) is 4.98 Å². The van der Waals surface area contributed by atoms with Gasteiger partial charge in [-0.1, -0.05) is 29.3 Å². The minimum atomic E-state index is 0.693. The molecule has 21 heavy (non-hydrogen) atoms. The Bertz CT molecular complexity index is 828. The summed E-state index contributed by atoms with van der Waals surface area (Å²) in [6, 6.07) is 13.6. The number of benzene rings is 2. The number of rotatable bonds is 2. The molecule has 1 aromatic heterocycles. The Balaban J connectivity index is 2.10. The van der Waals surface area contributed by atoms with Gasteiger partial charge in [0.1, 0.15) is 0 Å². The lowest BCUT2D eigenvalue weighted by molar-refractivity contribution is 1.25. The fourth-order valence-corrected chi connectivity index (χ4v) is 2.61. The number of halogens is 2. The third-order valence-corrected chi connectivity index (χ3v) is 3.99. The summed E-state index contributed by atoms with van der Waals surface area (Å²) in [4.78, 5) is 4.53. The van der Waals surface area contributed by atoms with Crippen LogP contribution in [0, 0.1) is 13.8 Å². The number of hydrogen-bond donors (Lipinski definition) is 1. The Morgan fingerprint density at radius 1 is 0.952 bits per heavy atom. The maximum atomic E-state index is 6.18. The molecule has 0 bridgehead atoms. The summed E-state index contributed by atoms with van der Waals surface area (Å²) in [5, 5.41) is 5.83. The van der Waals surface area contributed by atoms with Crippen LogP contribution in [0.2, 0.25) is 10.0 Å². The van der Waals surface area contributed by atoms with Crippen molar-refractivity contribution in [2.75, 3.05) is 5.32 Å². The van der Waals surface area contributed by atoms with Crippen molar-refractivity contribution in [2.45, 2.75) is 13.8 Å². The summed E-state index contributed by atoms with van der Waals surface area (Å²) >= 11 is 12.3. The normalized spacial score (nSPS) is 10.9. The maximum absolute atomic E-state index is 6.18. The van der Waals surface area contributed by atoms with E-state index in [9.17, 15) is 0 Å². The molecule has 2 nitrogen and oxygen atoms in total. The Morgan fingerprint density at radius 2 is 1.76 bits per heavy atom. The molecule has 0 aliphatic heterocycles. The fourth-order valence-electron chi connectivity index (χ4n) is 2.26. The van der Waals surface area contributed by atoms with E-state index in [0.29, 0.717) is 5.02 Å². The quantitative estimate of drug-likeness (QED) is 0.636. The first-order valence-corrected chi connectivity index (χ1v) is 7.38. The van der Waals surface area contributed by atoms with Gasteiger partial charge in [0.05, 0.1) is 5.52 Å². The first-order chi connectivity index (χ1) is 10.0. The van der Waals surface area contributed by atoms with Gasteiger partial charge in [0, 0.05) is 32.5 Å². The second-order valence-electron chi connectivity index (χ2n) is 5.06. The summed E-state index contributed by atoms with van der Waals surface area (Å²) in [6.45, 7) is 3.96. The van der Waals surface area contributed by atoms with Gasteiger partial charge in [-0.2, -0.15) is 0 Å². The molecule has 0 unspecified atom stereocenters. The zero-order valence-corrected chi connectivity index (χ0v) is 13.3. The monoisotopic (exact) mass is 316 g/mol. The van der Waals surface area contributed by atoms with Crippen LogP contribution in [0.1, 0.15) is 11.3 Å². The minimum absolute atomic E-state index is 0.693. The Kier molecular flexibility index (Phi) is 3.75. The van der Waals surface area contributed by atoms with Crippen LogP contribution < -0.4 is 5.32 Å². The van der Waals surface area contributed by atoms with E-state index in [1.165, 1.54) is 0 Å². The number of aryl methyl sites for hydroxylation is 2. The van der Waals surface area contributed by atoms with Crippen molar-refractivity contribution >= 4 is 45.5 Å². The Hall–Kier alpha value is -1.77.